The van der Waals surface area contributed by atoms with Gasteiger partial charge in [0.2, 0.25) is 0 Å². The third-order valence-corrected chi connectivity index (χ3v) is 2.66. The summed E-state index contributed by atoms with van der Waals surface area (Å²) in [7, 11) is 0. The van der Waals surface area contributed by atoms with Gasteiger partial charge in [0.15, 0.2) is 0 Å². The van der Waals surface area contributed by atoms with Crippen molar-refractivity contribution >= 4 is 17.3 Å². The summed E-state index contributed by atoms with van der Waals surface area (Å²) in [6.45, 7) is 1.94. The highest BCUT2D eigenvalue weighted by Crippen LogP contribution is 2.31. The Balaban J connectivity index is 2.30. The second-order valence-corrected chi connectivity index (χ2v) is 4.20. The molecule has 0 N–H and O–H groups in total. The molecule has 0 spiro atoms. The van der Waals surface area contributed by atoms with E-state index in [0.29, 0.717) is 11.5 Å². The zero-order valence-corrected chi connectivity index (χ0v) is 10.3. The molecule has 5 heteroatoms. The van der Waals surface area contributed by atoms with E-state index in [2.05, 4.69) is 0 Å². The van der Waals surface area contributed by atoms with Crippen LogP contribution in [0.3, 0.4) is 0 Å². The summed E-state index contributed by atoms with van der Waals surface area (Å²) in [5.74, 6) is 1.02. The molecular formula is C13H10ClNO3. The van der Waals surface area contributed by atoms with Crippen molar-refractivity contribution in [3.8, 4) is 11.5 Å². The molecule has 4 nitrogen and oxygen atoms in total. The van der Waals surface area contributed by atoms with Gasteiger partial charge in [-0.15, -0.1) is 0 Å². The number of ether oxygens (including phenoxy) is 1. The highest BCUT2D eigenvalue weighted by Gasteiger charge is 2.13. The standard InChI is InChI=1S/C13H10ClNO3/c1-9-3-2-4-10(7-9)18-11-5-6-12(14)13(8-11)15(16)17/h2-8H,1H3. The molecule has 0 radical (unpaired) electrons. The summed E-state index contributed by atoms with van der Waals surface area (Å²) >= 11 is 5.72. The minimum atomic E-state index is -0.536. The molecule has 0 aromatic heterocycles. The highest BCUT2D eigenvalue weighted by molar-refractivity contribution is 6.32. The van der Waals surface area contributed by atoms with Gasteiger partial charge in [0.25, 0.3) is 5.69 Å². The molecule has 0 heterocycles. The molecule has 2 aromatic rings. The third-order valence-electron chi connectivity index (χ3n) is 2.34. The number of benzene rings is 2. The zero-order valence-electron chi connectivity index (χ0n) is 9.59. The molecule has 0 fully saturated rings. The lowest BCUT2D eigenvalue weighted by Crippen LogP contribution is -1.91. The van der Waals surface area contributed by atoms with E-state index in [0.717, 1.165) is 5.56 Å². The van der Waals surface area contributed by atoms with Crippen LogP contribution < -0.4 is 4.74 Å². The van der Waals surface area contributed by atoms with Gasteiger partial charge in [-0.1, -0.05) is 23.7 Å². The molecule has 0 aliphatic heterocycles. The van der Waals surface area contributed by atoms with Gasteiger partial charge < -0.3 is 4.74 Å². The smallest absolute Gasteiger partial charge is 0.291 e. The third kappa shape index (κ3) is 2.78. The number of rotatable bonds is 3. The Morgan fingerprint density at radius 2 is 1.89 bits per heavy atom. The summed E-state index contributed by atoms with van der Waals surface area (Å²) < 4.78 is 5.54. The topological polar surface area (TPSA) is 52.4 Å². The molecule has 18 heavy (non-hydrogen) atoms. The van der Waals surface area contributed by atoms with Crippen molar-refractivity contribution in [2.45, 2.75) is 6.92 Å². The van der Waals surface area contributed by atoms with Crippen molar-refractivity contribution in [1.29, 1.82) is 0 Å². The first-order valence-corrected chi connectivity index (χ1v) is 5.62. The first-order valence-electron chi connectivity index (χ1n) is 5.25. The second kappa shape index (κ2) is 5.06. The van der Waals surface area contributed by atoms with Crippen LogP contribution in [0.25, 0.3) is 0 Å². The van der Waals surface area contributed by atoms with Crippen LogP contribution in [-0.2, 0) is 0 Å². The van der Waals surface area contributed by atoms with E-state index in [1.54, 1.807) is 12.1 Å². The molecular weight excluding hydrogens is 254 g/mol. The molecule has 2 rings (SSSR count). The first-order chi connectivity index (χ1) is 8.56. The van der Waals surface area contributed by atoms with Crippen molar-refractivity contribution in [3.63, 3.8) is 0 Å². The molecule has 0 saturated heterocycles. The summed E-state index contributed by atoms with van der Waals surface area (Å²) in [4.78, 5) is 10.2. The summed E-state index contributed by atoms with van der Waals surface area (Å²) in [6, 6.07) is 11.8. The summed E-state index contributed by atoms with van der Waals surface area (Å²) in [5, 5.41) is 10.8. The van der Waals surface area contributed by atoms with Crippen LogP contribution in [0.15, 0.2) is 42.5 Å². The average molecular weight is 264 g/mol. The largest absolute Gasteiger partial charge is 0.457 e. The predicted octanol–water partition coefficient (Wildman–Crippen LogP) is 4.35. The van der Waals surface area contributed by atoms with Gasteiger partial charge in [0, 0.05) is 0 Å². The highest BCUT2D eigenvalue weighted by atomic mass is 35.5. The Morgan fingerprint density at radius 3 is 2.56 bits per heavy atom. The van der Waals surface area contributed by atoms with Gasteiger partial charge in [-0.3, -0.25) is 10.1 Å². The van der Waals surface area contributed by atoms with Gasteiger partial charge in [0.1, 0.15) is 16.5 Å². The van der Waals surface area contributed by atoms with Crippen LogP contribution in [0.1, 0.15) is 5.56 Å². The maximum absolute atomic E-state index is 10.7. The SMILES string of the molecule is Cc1cccc(Oc2ccc(Cl)c([N+](=O)[O-])c2)c1. The maximum Gasteiger partial charge on any atom is 0.291 e. The van der Waals surface area contributed by atoms with E-state index in [9.17, 15) is 10.1 Å². The first kappa shape index (κ1) is 12.4. The van der Waals surface area contributed by atoms with E-state index < -0.39 is 4.92 Å². The van der Waals surface area contributed by atoms with Gasteiger partial charge in [-0.25, -0.2) is 0 Å². The minimum Gasteiger partial charge on any atom is -0.457 e. The van der Waals surface area contributed by atoms with Crippen LogP contribution in [0, 0.1) is 17.0 Å². The molecule has 0 aliphatic rings. The van der Waals surface area contributed by atoms with E-state index in [-0.39, 0.29) is 10.7 Å². The molecule has 92 valence electrons. The lowest BCUT2D eigenvalue weighted by Gasteiger charge is -2.06. The second-order valence-electron chi connectivity index (χ2n) is 3.79. The van der Waals surface area contributed by atoms with Crippen molar-refractivity contribution in [2.24, 2.45) is 0 Å². The van der Waals surface area contributed by atoms with E-state index in [4.69, 9.17) is 16.3 Å². The normalized spacial score (nSPS) is 10.1. The molecule has 0 amide bonds. The Kier molecular flexibility index (Phi) is 3.48. The number of nitrogens with zero attached hydrogens (tertiary/aromatic N) is 1. The molecule has 0 atom stereocenters. The lowest BCUT2D eigenvalue weighted by molar-refractivity contribution is -0.384. The number of aryl methyl sites for hydroxylation is 1. The molecule has 0 bridgehead atoms. The van der Waals surface area contributed by atoms with Gasteiger partial charge in [-0.05, 0) is 36.8 Å². The number of nitro groups is 1. The number of halogens is 1. The molecule has 0 unspecified atom stereocenters. The van der Waals surface area contributed by atoms with E-state index in [1.165, 1.54) is 12.1 Å². The van der Waals surface area contributed by atoms with Crippen LogP contribution in [0.2, 0.25) is 5.02 Å². The Labute approximate surface area is 109 Å². The molecule has 0 aliphatic carbocycles. The van der Waals surface area contributed by atoms with Crippen LogP contribution in [0.4, 0.5) is 5.69 Å². The van der Waals surface area contributed by atoms with E-state index >= 15 is 0 Å². The van der Waals surface area contributed by atoms with Crippen molar-refractivity contribution in [3.05, 3.63) is 63.2 Å². The monoisotopic (exact) mass is 263 g/mol. The van der Waals surface area contributed by atoms with Gasteiger partial charge in [-0.2, -0.15) is 0 Å². The van der Waals surface area contributed by atoms with Gasteiger partial charge >= 0.3 is 0 Å². The van der Waals surface area contributed by atoms with Crippen LogP contribution in [-0.4, -0.2) is 4.92 Å². The number of hydrogen-bond acceptors (Lipinski definition) is 3. The van der Waals surface area contributed by atoms with Crippen molar-refractivity contribution < 1.29 is 9.66 Å². The van der Waals surface area contributed by atoms with Crippen LogP contribution >= 0.6 is 11.6 Å². The number of nitro benzene ring substituents is 1. The Hall–Kier alpha value is -2.07. The summed E-state index contributed by atoms with van der Waals surface area (Å²) in [5.41, 5.74) is 0.887. The molecule has 0 saturated carbocycles. The van der Waals surface area contributed by atoms with E-state index in [1.807, 2.05) is 25.1 Å². The average Bonchev–Trinajstić information content (AvgIpc) is 2.31. The van der Waals surface area contributed by atoms with Crippen molar-refractivity contribution in [2.75, 3.05) is 0 Å². The predicted molar refractivity (Wildman–Crippen MR) is 69.4 cm³/mol. The Morgan fingerprint density at radius 1 is 1.17 bits per heavy atom. The number of hydrogen-bond donors (Lipinski definition) is 0. The fraction of sp³-hybridized carbons (Fsp3) is 0.0769. The summed E-state index contributed by atoms with van der Waals surface area (Å²) in [6.07, 6.45) is 0. The fourth-order valence-corrected chi connectivity index (χ4v) is 1.70. The fourth-order valence-electron chi connectivity index (χ4n) is 1.51. The zero-order chi connectivity index (χ0) is 13.1. The lowest BCUT2D eigenvalue weighted by atomic mass is 10.2. The minimum absolute atomic E-state index is 0.0941. The van der Waals surface area contributed by atoms with Gasteiger partial charge in [0.05, 0.1) is 11.0 Å². The van der Waals surface area contributed by atoms with Crippen molar-refractivity contribution in [1.82, 2.24) is 0 Å². The molecule has 2 aromatic carbocycles. The quantitative estimate of drug-likeness (QED) is 0.611. The van der Waals surface area contributed by atoms with Crippen LogP contribution in [0.5, 0.6) is 11.5 Å². The Bertz CT molecular complexity index is 599. The maximum atomic E-state index is 10.7.